The Kier molecular flexibility index (Phi) is 5.81. The van der Waals surface area contributed by atoms with E-state index in [1.807, 2.05) is 13.8 Å². The zero-order chi connectivity index (χ0) is 21.1. The SMILES string of the molecule is CNC(=O)C(NC(=O)CCc1c(C)nc2ncnn2c1C)c1ccc(F)c(F)c1. The number of amides is 2. The second kappa shape index (κ2) is 8.29. The van der Waals surface area contributed by atoms with E-state index in [9.17, 15) is 18.4 Å². The number of halogens is 2. The first kappa shape index (κ1) is 20.3. The molecule has 0 spiro atoms. The van der Waals surface area contributed by atoms with Crippen LogP contribution in [0.25, 0.3) is 5.78 Å². The van der Waals surface area contributed by atoms with Gasteiger partial charge in [-0.3, -0.25) is 9.59 Å². The van der Waals surface area contributed by atoms with Crippen molar-refractivity contribution >= 4 is 17.6 Å². The first-order chi connectivity index (χ1) is 13.8. The number of hydrogen-bond acceptors (Lipinski definition) is 5. The summed E-state index contributed by atoms with van der Waals surface area (Å²) >= 11 is 0. The number of nitrogens with one attached hydrogen (secondary N) is 2. The monoisotopic (exact) mass is 402 g/mol. The number of hydrogen-bond donors (Lipinski definition) is 2. The molecular formula is C19H20F2N6O2. The highest BCUT2D eigenvalue weighted by Crippen LogP contribution is 2.18. The van der Waals surface area contributed by atoms with Crippen molar-refractivity contribution in [2.45, 2.75) is 32.7 Å². The lowest BCUT2D eigenvalue weighted by Crippen LogP contribution is -2.39. The van der Waals surface area contributed by atoms with Crippen molar-refractivity contribution in [2.24, 2.45) is 0 Å². The molecule has 0 bridgehead atoms. The summed E-state index contributed by atoms with van der Waals surface area (Å²) in [4.78, 5) is 33.1. The van der Waals surface area contributed by atoms with Gasteiger partial charge in [-0.05, 0) is 43.5 Å². The topological polar surface area (TPSA) is 101 Å². The van der Waals surface area contributed by atoms with Gasteiger partial charge in [0, 0.05) is 24.9 Å². The van der Waals surface area contributed by atoms with Crippen molar-refractivity contribution in [1.82, 2.24) is 30.2 Å². The smallest absolute Gasteiger partial charge is 0.252 e. The van der Waals surface area contributed by atoms with E-state index in [2.05, 4.69) is 25.7 Å². The van der Waals surface area contributed by atoms with Crippen LogP contribution >= 0.6 is 0 Å². The molecule has 8 nitrogen and oxygen atoms in total. The number of aryl methyl sites for hydroxylation is 2. The summed E-state index contributed by atoms with van der Waals surface area (Å²) in [6, 6.07) is 1.93. The lowest BCUT2D eigenvalue weighted by Gasteiger charge is -2.18. The predicted octanol–water partition coefficient (Wildman–Crippen LogP) is 1.56. The van der Waals surface area contributed by atoms with Crippen molar-refractivity contribution in [2.75, 3.05) is 7.05 Å². The van der Waals surface area contributed by atoms with Gasteiger partial charge in [-0.25, -0.2) is 18.3 Å². The van der Waals surface area contributed by atoms with E-state index in [0.29, 0.717) is 12.2 Å². The lowest BCUT2D eigenvalue weighted by atomic mass is 10.0. The van der Waals surface area contributed by atoms with Crippen LogP contribution in [0.2, 0.25) is 0 Å². The highest BCUT2D eigenvalue weighted by Gasteiger charge is 2.23. The molecule has 0 aliphatic carbocycles. The Balaban J connectivity index is 1.75. The standard InChI is InChI=1S/C19H20F2N6O2/c1-10-13(11(2)27-19(25-10)23-9-24-27)5-7-16(28)26-17(18(29)22-3)12-4-6-14(20)15(21)8-12/h4,6,8-9,17H,5,7H2,1-3H3,(H,22,29)(H,26,28). The second-order valence-corrected chi connectivity index (χ2v) is 6.52. The molecule has 10 heteroatoms. The predicted molar refractivity (Wildman–Crippen MR) is 99.9 cm³/mol. The minimum absolute atomic E-state index is 0.0702. The van der Waals surface area contributed by atoms with Gasteiger partial charge in [-0.2, -0.15) is 10.1 Å². The molecule has 1 unspecified atom stereocenters. The highest BCUT2D eigenvalue weighted by atomic mass is 19.2. The van der Waals surface area contributed by atoms with Gasteiger partial charge >= 0.3 is 0 Å². The minimum Gasteiger partial charge on any atom is -0.357 e. The van der Waals surface area contributed by atoms with Crippen molar-refractivity contribution in [3.8, 4) is 0 Å². The zero-order valence-electron chi connectivity index (χ0n) is 16.2. The maximum absolute atomic E-state index is 13.6. The number of rotatable bonds is 6. The van der Waals surface area contributed by atoms with Crippen LogP contribution in [0.3, 0.4) is 0 Å². The minimum atomic E-state index is -1.14. The molecule has 0 fully saturated rings. The zero-order valence-corrected chi connectivity index (χ0v) is 16.2. The third-order valence-electron chi connectivity index (χ3n) is 4.68. The summed E-state index contributed by atoms with van der Waals surface area (Å²) in [5, 5.41) is 9.10. The van der Waals surface area contributed by atoms with Crippen molar-refractivity contribution in [3.63, 3.8) is 0 Å². The Labute approximate surface area is 165 Å². The number of fused-ring (bicyclic) bond motifs is 1. The van der Waals surface area contributed by atoms with Crippen LogP contribution in [0.1, 0.15) is 35.0 Å². The summed E-state index contributed by atoms with van der Waals surface area (Å²) in [6.07, 6.45) is 1.84. The second-order valence-electron chi connectivity index (χ2n) is 6.52. The Bertz CT molecular complexity index is 1080. The fourth-order valence-electron chi connectivity index (χ4n) is 3.13. The molecular weight excluding hydrogens is 382 g/mol. The number of nitrogens with zero attached hydrogens (tertiary/aromatic N) is 4. The third-order valence-corrected chi connectivity index (χ3v) is 4.68. The first-order valence-corrected chi connectivity index (χ1v) is 8.93. The number of carbonyl (C=O) groups excluding carboxylic acids is 2. The first-order valence-electron chi connectivity index (χ1n) is 8.93. The molecule has 3 rings (SSSR count). The van der Waals surface area contributed by atoms with E-state index in [1.165, 1.54) is 19.4 Å². The quantitative estimate of drug-likeness (QED) is 0.652. The van der Waals surface area contributed by atoms with Crippen molar-refractivity contribution in [3.05, 3.63) is 58.7 Å². The van der Waals surface area contributed by atoms with Crippen LogP contribution in [0.4, 0.5) is 8.78 Å². The lowest BCUT2D eigenvalue weighted by molar-refractivity contribution is -0.128. The molecule has 0 saturated carbocycles. The number of benzene rings is 1. The average molecular weight is 402 g/mol. The maximum Gasteiger partial charge on any atom is 0.252 e. The molecule has 3 aromatic rings. The van der Waals surface area contributed by atoms with E-state index in [1.54, 1.807) is 4.52 Å². The van der Waals surface area contributed by atoms with Gasteiger partial charge in [0.05, 0.1) is 0 Å². The van der Waals surface area contributed by atoms with E-state index in [0.717, 1.165) is 29.1 Å². The molecule has 0 aliphatic rings. The van der Waals surface area contributed by atoms with Crippen LogP contribution in [-0.2, 0) is 16.0 Å². The Morgan fingerprint density at radius 2 is 1.97 bits per heavy atom. The molecule has 0 radical (unpaired) electrons. The van der Waals surface area contributed by atoms with Gasteiger partial charge in [0.25, 0.3) is 5.78 Å². The van der Waals surface area contributed by atoms with Gasteiger partial charge in [0.2, 0.25) is 11.8 Å². The highest BCUT2D eigenvalue weighted by molar-refractivity contribution is 5.88. The van der Waals surface area contributed by atoms with Crippen LogP contribution in [0, 0.1) is 25.5 Å². The molecule has 2 N–H and O–H groups in total. The maximum atomic E-state index is 13.6. The molecule has 0 aliphatic heterocycles. The summed E-state index contributed by atoms with van der Waals surface area (Å²) in [5.41, 5.74) is 2.55. The summed E-state index contributed by atoms with van der Waals surface area (Å²) in [7, 11) is 1.40. The van der Waals surface area contributed by atoms with Gasteiger partial charge < -0.3 is 10.6 Å². The molecule has 2 aromatic heterocycles. The van der Waals surface area contributed by atoms with Crippen molar-refractivity contribution in [1.29, 1.82) is 0 Å². The Morgan fingerprint density at radius 1 is 1.21 bits per heavy atom. The summed E-state index contributed by atoms with van der Waals surface area (Å²) in [5.74, 6) is -2.60. The molecule has 152 valence electrons. The van der Waals surface area contributed by atoms with Gasteiger partial charge in [0.15, 0.2) is 11.6 Å². The largest absolute Gasteiger partial charge is 0.357 e. The summed E-state index contributed by atoms with van der Waals surface area (Å²) < 4.78 is 28.4. The Morgan fingerprint density at radius 3 is 2.66 bits per heavy atom. The molecule has 2 amide bonds. The van der Waals surface area contributed by atoms with E-state index in [-0.39, 0.29) is 12.0 Å². The molecule has 1 aromatic carbocycles. The number of carbonyl (C=O) groups is 2. The molecule has 2 heterocycles. The molecule has 1 atom stereocenters. The van der Waals surface area contributed by atoms with Gasteiger partial charge in [-0.1, -0.05) is 6.07 Å². The number of likely N-dealkylation sites (N-methyl/N-ethyl adjacent to an activating group) is 1. The molecule has 29 heavy (non-hydrogen) atoms. The fraction of sp³-hybridized carbons (Fsp3) is 0.316. The van der Waals surface area contributed by atoms with Crippen LogP contribution in [0.15, 0.2) is 24.5 Å². The van der Waals surface area contributed by atoms with Crippen LogP contribution in [0.5, 0.6) is 0 Å². The third kappa shape index (κ3) is 4.20. The van der Waals surface area contributed by atoms with E-state index < -0.39 is 29.5 Å². The average Bonchev–Trinajstić information content (AvgIpc) is 3.16. The van der Waals surface area contributed by atoms with E-state index >= 15 is 0 Å². The van der Waals surface area contributed by atoms with Gasteiger partial charge in [-0.15, -0.1) is 0 Å². The van der Waals surface area contributed by atoms with Crippen molar-refractivity contribution < 1.29 is 18.4 Å². The summed E-state index contributed by atoms with van der Waals surface area (Å²) in [6.45, 7) is 3.68. The molecule has 0 saturated heterocycles. The van der Waals surface area contributed by atoms with E-state index in [4.69, 9.17) is 0 Å². The van der Waals surface area contributed by atoms with Crippen LogP contribution < -0.4 is 10.6 Å². The van der Waals surface area contributed by atoms with Gasteiger partial charge in [0.1, 0.15) is 12.4 Å². The van der Waals surface area contributed by atoms with Crippen LogP contribution in [-0.4, -0.2) is 38.4 Å². The number of aromatic nitrogens is 4. The fourth-order valence-corrected chi connectivity index (χ4v) is 3.13. The normalized spacial score (nSPS) is 12.0. The Hall–Kier alpha value is -3.43.